The molecule has 1 aromatic carbocycles. The van der Waals surface area contributed by atoms with E-state index in [1.54, 1.807) is 13.0 Å². The second-order valence-corrected chi connectivity index (χ2v) is 3.97. The van der Waals surface area contributed by atoms with E-state index in [1.165, 1.54) is 23.9 Å². The van der Waals surface area contributed by atoms with E-state index in [-0.39, 0.29) is 5.82 Å². The maximum Gasteiger partial charge on any atom is 0.143 e. The topological polar surface area (TPSA) is 25.8 Å². The zero-order valence-electron chi connectivity index (χ0n) is 8.20. The molecule has 0 N–H and O–H groups in total. The standard InChI is InChI=1S/C11H9FN2S/c1-7-3-4-9(5-10(7)12)8(2)11-13-6-14-15-11/h3-6H,2H2,1H3. The van der Waals surface area contributed by atoms with E-state index in [4.69, 9.17) is 0 Å². The van der Waals surface area contributed by atoms with Crippen LogP contribution in [0.4, 0.5) is 4.39 Å². The Bertz CT molecular complexity index is 491. The minimum atomic E-state index is -0.224. The zero-order chi connectivity index (χ0) is 10.8. The third-order valence-electron chi connectivity index (χ3n) is 2.14. The van der Waals surface area contributed by atoms with E-state index in [0.29, 0.717) is 11.1 Å². The fourth-order valence-corrected chi connectivity index (χ4v) is 1.73. The quantitative estimate of drug-likeness (QED) is 0.777. The van der Waals surface area contributed by atoms with Crippen LogP contribution in [-0.4, -0.2) is 9.36 Å². The number of nitrogens with zero attached hydrogens (tertiary/aromatic N) is 2. The van der Waals surface area contributed by atoms with Crippen molar-refractivity contribution in [3.8, 4) is 0 Å². The van der Waals surface area contributed by atoms with E-state index in [1.807, 2.05) is 6.07 Å². The molecule has 2 nitrogen and oxygen atoms in total. The summed E-state index contributed by atoms with van der Waals surface area (Å²) in [6, 6.07) is 5.04. The van der Waals surface area contributed by atoms with E-state index < -0.39 is 0 Å². The van der Waals surface area contributed by atoms with Crippen LogP contribution in [0.3, 0.4) is 0 Å². The van der Waals surface area contributed by atoms with Crippen molar-refractivity contribution in [2.45, 2.75) is 6.92 Å². The molecule has 0 aliphatic rings. The number of benzene rings is 1. The second kappa shape index (κ2) is 3.90. The Kier molecular flexibility index (Phi) is 2.60. The molecule has 0 atom stereocenters. The van der Waals surface area contributed by atoms with Crippen LogP contribution in [0.25, 0.3) is 5.57 Å². The minimum Gasteiger partial charge on any atom is -0.223 e. The lowest BCUT2D eigenvalue weighted by Crippen LogP contribution is -1.88. The van der Waals surface area contributed by atoms with Crippen LogP contribution in [0.15, 0.2) is 31.1 Å². The Morgan fingerprint density at radius 2 is 2.27 bits per heavy atom. The SMILES string of the molecule is C=C(c1ccc(C)c(F)c1)c1ncns1. The summed E-state index contributed by atoms with van der Waals surface area (Å²) in [6.45, 7) is 5.61. The molecule has 1 aromatic heterocycles. The molecule has 2 aromatic rings. The van der Waals surface area contributed by atoms with Crippen molar-refractivity contribution in [2.24, 2.45) is 0 Å². The Morgan fingerprint density at radius 1 is 1.47 bits per heavy atom. The summed E-state index contributed by atoms with van der Waals surface area (Å²) in [5.41, 5.74) is 2.08. The molecule has 0 bridgehead atoms. The largest absolute Gasteiger partial charge is 0.223 e. The predicted octanol–water partition coefficient (Wildman–Crippen LogP) is 3.05. The summed E-state index contributed by atoms with van der Waals surface area (Å²) in [5, 5.41) is 0.721. The Hall–Kier alpha value is -1.55. The lowest BCUT2D eigenvalue weighted by Gasteiger charge is -2.03. The molecule has 15 heavy (non-hydrogen) atoms. The molecule has 0 aliphatic carbocycles. The molecule has 0 fully saturated rings. The predicted molar refractivity (Wildman–Crippen MR) is 59.2 cm³/mol. The van der Waals surface area contributed by atoms with Gasteiger partial charge in [0.15, 0.2) is 0 Å². The molecule has 0 unspecified atom stereocenters. The molecule has 2 rings (SSSR count). The number of aromatic nitrogens is 2. The number of hydrogen-bond donors (Lipinski definition) is 0. The summed E-state index contributed by atoms with van der Waals surface area (Å²) in [4.78, 5) is 4.03. The first-order valence-corrected chi connectivity index (χ1v) is 5.18. The van der Waals surface area contributed by atoms with Gasteiger partial charge in [-0.05, 0) is 35.6 Å². The second-order valence-electron chi connectivity index (χ2n) is 3.19. The van der Waals surface area contributed by atoms with Gasteiger partial charge in [0.2, 0.25) is 0 Å². The molecular formula is C11H9FN2S. The third-order valence-corrected chi connectivity index (χ3v) is 2.86. The van der Waals surface area contributed by atoms with Gasteiger partial charge in [-0.3, -0.25) is 0 Å². The molecule has 0 saturated heterocycles. The molecular weight excluding hydrogens is 211 g/mol. The molecule has 4 heteroatoms. The van der Waals surface area contributed by atoms with E-state index in [2.05, 4.69) is 15.9 Å². The highest BCUT2D eigenvalue weighted by Gasteiger charge is 2.07. The van der Waals surface area contributed by atoms with Crippen molar-refractivity contribution in [1.29, 1.82) is 0 Å². The molecule has 0 spiro atoms. The highest BCUT2D eigenvalue weighted by molar-refractivity contribution is 7.06. The summed E-state index contributed by atoms with van der Waals surface area (Å²) in [7, 11) is 0. The van der Waals surface area contributed by atoms with Gasteiger partial charge in [-0.25, -0.2) is 9.37 Å². The van der Waals surface area contributed by atoms with Gasteiger partial charge in [0.05, 0.1) is 0 Å². The van der Waals surface area contributed by atoms with Crippen molar-refractivity contribution in [3.05, 3.63) is 53.1 Å². The smallest absolute Gasteiger partial charge is 0.143 e. The summed E-state index contributed by atoms with van der Waals surface area (Å²) >= 11 is 1.25. The molecule has 76 valence electrons. The normalized spacial score (nSPS) is 10.3. The van der Waals surface area contributed by atoms with Crippen LogP contribution in [0.5, 0.6) is 0 Å². The number of halogens is 1. The highest BCUT2D eigenvalue weighted by Crippen LogP contribution is 2.23. The fourth-order valence-electron chi connectivity index (χ4n) is 1.21. The van der Waals surface area contributed by atoms with Crippen LogP contribution >= 0.6 is 11.5 Å². The number of hydrogen-bond acceptors (Lipinski definition) is 3. The van der Waals surface area contributed by atoms with Crippen molar-refractivity contribution >= 4 is 17.1 Å². The third kappa shape index (κ3) is 1.94. The maximum absolute atomic E-state index is 13.3. The highest BCUT2D eigenvalue weighted by atomic mass is 32.1. The first kappa shape index (κ1) is 9.98. The monoisotopic (exact) mass is 220 g/mol. The number of aryl methyl sites for hydroxylation is 1. The van der Waals surface area contributed by atoms with E-state index in [9.17, 15) is 4.39 Å². The van der Waals surface area contributed by atoms with E-state index in [0.717, 1.165) is 10.6 Å². The van der Waals surface area contributed by atoms with Crippen molar-refractivity contribution in [1.82, 2.24) is 9.36 Å². The van der Waals surface area contributed by atoms with Gasteiger partial charge in [0.1, 0.15) is 17.2 Å². The average Bonchev–Trinajstić information content (AvgIpc) is 2.74. The van der Waals surface area contributed by atoms with Gasteiger partial charge in [0, 0.05) is 5.57 Å². The summed E-state index contributed by atoms with van der Waals surface area (Å²) in [6.07, 6.45) is 1.47. The van der Waals surface area contributed by atoms with Crippen LogP contribution in [0.2, 0.25) is 0 Å². The Labute approximate surface area is 91.3 Å². The van der Waals surface area contributed by atoms with Gasteiger partial charge < -0.3 is 0 Å². The molecule has 0 amide bonds. The van der Waals surface area contributed by atoms with Gasteiger partial charge in [0.25, 0.3) is 0 Å². The van der Waals surface area contributed by atoms with Crippen LogP contribution < -0.4 is 0 Å². The van der Waals surface area contributed by atoms with Gasteiger partial charge in [-0.15, -0.1) is 0 Å². The average molecular weight is 220 g/mol. The zero-order valence-corrected chi connectivity index (χ0v) is 9.01. The minimum absolute atomic E-state index is 0.224. The molecule has 1 heterocycles. The van der Waals surface area contributed by atoms with E-state index >= 15 is 0 Å². The van der Waals surface area contributed by atoms with Crippen molar-refractivity contribution < 1.29 is 4.39 Å². The van der Waals surface area contributed by atoms with Crippen molar-refractivity contribution in [3.63, 3.8) is 0 Å². The van der Waals surface area contributed by atoms with Crippen LogP contribution in [0, 0.1) is 12.7 Å². The Balaban J connectivity index is 2.39. The molecule has 0 saturated carbocycles. The Morgan fingerprint density at radius 3 is 2.87 bits per heavy atom. The first-order chi connectivity index (χ1) is 7.18. The lowest BCUT2D eigenvalue weighted by molar-refractivity contribution is 0.618. The van der Waals surface area contributed by atoms with Crippen LogP contribution in [0.1, 0.15) is 16.1 Å². The lowest BCUT2D eigenvalue weighted by atomic mass is 10.1. The maximum atomic E-state index is 13.3. The molecule has 0 aliphatic heterocycles. The fraction of sp³-hybridized carbons (Fsp3) is 0.0909. The van der Waals surface area contributed by atoms with Gasteiger partial charge >= 0.3 is 0 Å². The first-order valence-electron chi connectivity index (χ1n) is 4.41. The summed E-state index contributed by atoms with van der Waals surface area (Å²) < 4.78 is 17.2. The summed E-state index contributed by atoms with van der Waals surface area (Å²) in [5.74, 6) is -0.224. The van der Waals surface area contributed by atoms with Crippen LogP contribution in [-0.2, 0) is 0 Å². The van der Waals surface area contributed by atoms with Gasteiger partial charge in [-0.2, -0.15) is 4.37 Å². The van der Waals surface area contributed by atoms with Gasteiger partial charge in [-0.1, -0.05) is 18.7 Å². The molecule has 0 radical (unpaired) electrons. The number of rotatable bonds is 2. The van der Waals surface area contributed by atoms with Crippen molar-refractivity contribution in [2.75, 3.05) is 0 Å².